The number of nitrogens with zero attached hydrogens (tertiary/aromatic N) is 1. The molecule has 0 spiro atoms. The summed E-state index contributed by atoms with van der Waals surface area (Å²) in [5.41, 5.74) is 1.20. The Morgan fingerprint density at radius 3 is 2.95 bits per heavy atom. The van der Waals surface area contributed by atoms with Gasteiger partial charge in [0.1, 0.15) is 0 Å². The average molecular weight is 289 g/mol. The zero-order valence-corrected chi connectivity index (χ0v) is 13.0. The van der Waals surface area contributed by atoms with Crippen LogP contribution >= 0.6 is 0 Å². The summed E-state index contributed by atoms with van der Waals surface area (Å²) < 4.78 is 1.82. The van der Waals surface area contributed by atoms with Crippen molar-refractivity contribution in [3.63, 3.8) is 0 Å². The highest BCUT2D eigenvalue weighted by Crippen LogP contribution is 2.33. The van der Waals surface area contributed by atoms with Crippen molar-refractivity contribution in [2.75, 3.05) is 11.9 Å². The molecule has 4 nitrogen and oxygen atoms in total. The van der Waals surface area contributed by atoms with Crippen molar-refractivity contribution in [3.05, 3.63) is 28.7 Å². The fraction of sp³-hybridized carbons (Fsp3) is 0.706. The van der Waals surface area contributed by atoms with Gasteiger partial charge in [0.05, 0.1) is 5.69 Å². The van der Waals surface area contributed by atoms with E-state index < -0.39 is 0 Å². The molecule has 3 rings (SSSR count). The van der Waals surface area contributed by atoms with Crippen LogP contribution in [0, 0.1) is 5.92 Å². The van der Waals surface area contributed by atoms with Gasteiger partial charge in [0, 0.05) is 30.9 Å². The van der Waals surface area contributed by atoms with E-state index in [1.54, 1.807) is 6.07 Å². The smallest absolute Gasteiger partial charge is 0.250 e. The Morgan fingerprint density at radius 1 is 1.29 bits per heavy atom. The second-order valence-electron chi connectivity index (χ2n) is 6.50. The first-order valence-corrected chi connectivity index (χ1v) is 8.48. The van der Waals surface area contributed by atoms with Crippen LogP contribution in [-0.4, -0.2) is 23.2 Å². The van der Waals surface area contributed by atoms with Crippen LogP contribution < -0.4 is 16.2 Å². The summed E-state index contributed by atoms with van der Waals surface area (Å²) in [6.07, 6.45) is 9.49. The molecule has 21 heavy (non-hydrogen) atoms. The van der Waals surface area contributed by atoms with Crippen LogP contribution in [-0.2, 0) is 6.54 Å². The maximum Gasteiger partial charge on any atom is 0.250 e. The molecule has 0 bridgehead atoms. The third kappa shape index (κ3) is 3.31. The highest BCUT2D eigenvalue weighted by atomic mass is 16.1. The molecule has 1 saturated carbocycles. The van der Waals surface area contributed by atoms with E-state index in [4.69, 9.17) is 0 Å². The molecule has 4 heteroatoms. The predicted molar refractivity (Wildman–Crippen MR) is 86.8 cm³/mol. The van der Waals surface area contributed by atoms with Gasteiger partial charge in [0.15, 0.2) is 0 Å². The van der Waals surface area contributed by atoms with Crippen LogP contribution in [0.2, 0.25) is 0 Å². The van der Waals surface area contributed by atoms with Crippen molar-refractivity contribution in [2.45, 2.75) is 64.1 Å². The van der Waals surface area contributed by atoms with E-state index in [1.165, 1.54) is 38.6 Å². The van der Waals surface area contributed by atoms with Gasteiger partial charge in [-0.05, 0) is 50.6 Å². The Balaban J connectivity index is 1.70. The lowest BCUT2D eigenvalue weighted by atomic mass is 9.93. The molecule has 1 aliphatic heterocycles. The van der Waals surface area contributed by atoms with Gasteiger partial charge in [-0.2, -0.15) is 0 Å². The number of pyridine rings is 1. The first-order valence-electron chi connectivity index (χ1n) is 8.48. The zero-order chi connectivity index (χ0) is 14.7. The van der Waals surface area contributed by atoms with Gasteiger partial charge in [-0.1, -0.05) is 13.3 Å². The van der Waals surface area contributed by atoms with Gasteiger partial charge in [-0.15, -0.1) is 0 Å². The molecule has 0 radical (unpaired) electrons. The molecule has 0 amide bonds. The number of aryl methyl sites for hydroxylation is 1. The molecule has 1 aromatic rings. The van der Waals surface area contributed by atoms with Crippen molar-refractivity contribution in [2.24, 2.45) is 5.92 Å². The van der Waals surface area contributed by atoms with Crippen molar-refractivity contribution in [1.82, 2.24) is 9.88 Å². The number of aromatic nitrogens is 1. The van der Waals surface area contributed by atoms with Crippen molar-refractivity contribution in [1.29, 1.82) is 0 Å². The molecular formula is C17H27N3O. The summed E-state index contributed by atoms with van der Waals surface area (Å²) in [7, 11) is 0. The zero-order valence-electron chi connectivity index (χ0n) is 13.0. The topological polar surface area (TPSA) is 46.1 Å². The molecule has 1 aromatic heterocycles. The first-order chi connectivity index (χ1) is 10.3. The molecule has 116 valence electrons. The largest absolute Gasteiger partial charge is 0.381 e. The number of nitrogens with one attached hydrogen (secondary N) is 2. The minimum absolute atomic E-state index is 0.0998. The van der Waals surface area contributed by atoms with E-state index in [1.807, 2.05) is 16.8 Å². The SMILES string of the molecule is CCCn1cc(NC2CCCC2C2CCCN2)ccc1=O. The molecule has 2 heterocycles. The summed E-state index contributed by atoms with van der Waals surface area (Å²) in [6.45, 7) is 4.08. The number of anilines is 1. The van der Waals surface area contributed by atoms with Crippen LogP contribution in [0.25, 0.3) is 0 Å². The molecule has 2 aliphatic rings. The van der Waals surface area contributed by atoms with Crippen LogP contribution in [0.3, 0.4) is 0 Å². The van der Waals surface area contributed by atoms with Gasteiger partial charge >= 0.3 is 0 Å². The van der Waals surface area contributed by atoms with Crippen LogP contribution in [0.1, 0.15) is 45.4 Å². The van der Waals surface area contributed by atoms with E-state index in [0.717, 1.165) is 24.6 Å². The lowest BCUT2D eigenvalue weighted by molar-refractivity contribution is 0.376. The molecule has 2 N–H and O–H groups in total. The average Bonchev–Trinajstić information content (AvgIpc) is 3.13. The van der Waals surface area contributed by atoms with E-state index in [2.05, 4.69) is 17.6 Å². The fourth-order valence-electron chi connectivity index (χ4n) is 3.97. The van der Waals surface area contributed by atoms with Crippen LogP contribution in [0.5, 0.6) is 0 Å². The second kappa shape index (κ2) is 6.65. The lowest BCUT2D eigenvalue weighted by Crippen LogP contribution is -2.38. The molecule has 0 aromatic carbocycles. The third-order valence-corrected chi connectivity index (χ3v) is 4.98. The minimum atomic E-state index is 0.0998. The van der Waals surface area contributed by atoms with E-state index in [9.17, 15) is 4.79 Å². The molecule has 3 unspecified atom stereocenters. The normalized spacial score (nSPS) is 28.9. The number of rotatable bonds is 5. The highest BCUT2D eigenvalue weighted by Gasteiger charge is 2.34. The second-order valence-corrected chi connectivity index (χ2v) is 6.50. The summed E-state index contributed by atoms with van der Waals surface area (Å²) >= 11 is 0. The van der Waals surface area contributed by atoms with Crippen LogP contribution in [0.15, 0.2) is 23.1 Å². The Hall–Kier alpha value is -1.29. The Morgan fingerprint density at radius 2 is 2.19 bits per heavy atom. The predicted octanol–water partition coefficient (Wildman–Crippen LogP) is 2.59. The quantitative estimate of drug-likeness (QED) is 0.876. The fourth-order valence-corrected chi connectivity index (χ4v) is 3.97. The van der Waals surface area contributed by atoms with Gasteiger partial charge in [-0.3, -0.25) is 4.79 Å². The highest BCUT2D eigenvalue weighted by molar-refractivity contribution is 5.42. The van der Waals surface area contributed by atoms with Gasteiger partial charge < -0.3 is 15.2 Å². The monoisotopic (exact) mass is 289 g/mol. The van der Waals surface area contributed by atoms with Crippen molar-refractivity contribution >= 4 is 5.69 Å². The molecule has 2 fully saturated rings. The van der Waals surface area contributed by atoms with Gasteiger partial charge in [-0.25, -0.2) is 0 Å². The number of hydrogen-bond donors (Lipinski definition) is 2. The van der Waals surface area contributed by atoms with E-state index >= 15 is 0 Å². The molecular weight excluding hydrogens is 262 g/mol. The standard InChI is InChI=1S/C17H27N3O/c1-2-11-20-12-13(8-9-17(20)21)19-16-6-3-5-14(16)15-7-4-10-18-15/h8-9,12,14-16,18-19H,2-7,10-11H2,1H3. The first kappa shape index (κ1) is 14.6. The minimum Gasteiger partial charge on any atom is -0.381 e. The van der Waals surface area contributed by atoms with E-state index in [0.29, 0.717) is 12.1 Å². The third-order valence-electron chi connectivity index (χ3n) is 4.98. The Bertz CT molecular complexity index is 519. The summed E-state index contributed by atoms with van der Waals surface area (Å²) in [5.74, 6) is 0.735. The summed E-state index contributed by atoms with van der Waals surface area (Å²) in [4.78, 5) is 11.8. The van der Waals surface area contributed by atoms with Crippen molar-refractivity contribution in [3.8, 4) is 0 Å². The van der Waals surface area contributed by atoms with Gasteiger partial charge in [0.25, 0.3) is 5.56 Å². The number of hydrogen-bond acceptors (Lipinski definition) is 3. The lowest BCUT2D eigenvalue weighted by Gasteiger charge is -2.27. The van der Waals surface area contributed by atoms with Crippen molar-refractivity contribution < 1.29 is 0 Å². The molecule has 1 aliphatic carbocycles. The Kier molecular flexibility index (Phi) is 4.63. The van der Waals surface area contributed by atoms with E-state index in [-0.39, 0.29) is 5.56 Å². The maximum atomic E-state index is 11.8. The van der Waals surface area contributed by atoms with Crippen LogP contribution in [0.4, 0.5) is 5.69 Å². The maximum absolute atomic E-state index is 11.8. The Labute approximate surface area is 126 Å². The van der Waals surface area contributed by atoms with Gasteiger partial charge in [0.2, 0.25) is 0 Å². The summed E-state index contributed by atoms with van der Waals surface area (Å²) in [6, 6.07) is 4.86. The summed E-state index contributed by atoms with van der Waals surface area (Å²) in [5, 5.41) is 7.35. The molecule has 3 atom stereocenters. The molecule has 1 saturated heterocycles.